The third-order valence-corrected chi connectivity index (χ3v) is 4.28. The summed E-state index contributed by atoms with van der Waals surface area (Å²) < 4.78 is 1.29. The molecule has 0 saturated carbocycles. The van der Waals surface area contributed by atoms with Crippen LogP contribution in [-0.2, 0) is 0 Å². The van der Waals surface area contributed by atoms with Crippen molar-refractivity contribution in [2.45, 2.75) is 6.92 Å². The summed E-state index contributed by atoms with van der Waals surface area (Å²) in [6.07, 6.45) is 0. The highest BCUT2D eigenvalue weighted by Crippen LogP contribution is 2.29. The summed E-state index contributed by atoms with van der Waals surface area (Å²) in [5.74, 6) is -1.24. The summed E-state index contributed by atoms with van der Waals surface area (Å²) in [4.78, 5) is 35.2. The molecule has 25 heavy (non-hydrogen) atoms. The van der Waals surface area contributed by atoms with Crippen LogP contribution < -0.4 is 5.73 Å². The molecule has 1 heterocycles. The third kappa shape index (κ3) is 2.64. The fourth-order valence-corrected chi connectivity index (χ4v) is 3.05. The average molecular weight is 358 g/mol. The Morgan fingerprint density at radius 3 is 2.52 bits per heavy atom. The number of benzene rings is 2. The van der Waals surface area contributed by atoms with E-state index in [0.29, 0.717) is 16.6 Å². The normalized spacial score (nSPS) is 10.8. The molecular weight excluding hydrogens is 346 g/mol. The number of para-hydroxylation sites is 1. The molecule has 0 atom stereocenters. The van der Waals surface area contributed by atoms with Gasteiger partial charge in [-0.25, -0.2) is 0 Å². The number of rotatable bonds is 3. The van der Waals surface area contributed by atoms with Gasteiger partial charge in [-0.05, 0) is 19.1 Å². The van der Waals surface area contributed by atoms with Gasteiger partial charge in [0.25, 0.3) is 17.5 Å². The molecule has 0 spiro atoms. The van der Waals surface area contributed by atoms with Crippen molar-refractivity contribution < 1.29 is 14.5 Å². The second-order valence-corrected chi connectivity index (χ2v) is 5.81. The van der Waals surface area contributed by atoms with Crippen LogP contribution in [0.3, 0.4) is 0 Å². The Labute approximate surface area is 146 Å². The van der Waals surface area contributed by atoms with Crippen molar-refractivity contribution in [1.82, 2.24) is 4.57 Å². The number of nitro benzene ring substituents is 1. The molecule has 8 heteroatoms. The molecule has 1 aromatic heterocycles. The Hall–Kier alpha value is -3.19. The van der Waals surface area contributed by atoms with Gasteiger partial charge in [-0.15, -0.1) is 0 Å². The van der Waals surface area contributed by atoms with Crippen LogP contribution in [0.4, 0.5) is 5.69 Å². The molecular formula is C17H12ClN3O4. The number of aromatic nitrogens is 1. The first kappa shape index (κ1) is 16.7. The number of fused-ring (bicyclic) bond motifs is 1. The van der Waals surface area contributed by atoms with E-state index in [1.807, 2.05) is 0 Å². The lowest BCUT2D eigenvalue weighted by molar-refractivity contribution is -0.384. The molecule has 0 bridgehead atoms. The molecule has 0 fully saturated rings. The van der Waals surface area contributed by atoms with Gasteiger partial charge in [0.05, 0.1) is 26.6 Å². The van der Waals surface area contributed by atoms with Gasteiger partial charge in [0.2, 0.25) is 0 Å². The second kappa shape index (κ2) is 6.03. The molecule has 3 rings (SSSR count). The van der Waals surface area contributed by atoms with Crippen molar-refractivity contribution in [2.75, 3.05) is 0 Å². The third-order valence-electron chi connectivity index (χ3n) is 3.95. The number of carbonyl (C=O) groups excluding carboxylic acids is 2. The van der Waals surface area contributed by atoms with Crippen LogP contribution in [-0.4, -0.2) is 21.3 Å². The zero-order valence-corrected chi connectivity index (χ0v) is 13.8. The van der Waals surface area contributed by atoms with Crippen molar-refractivity contribution in [3.05, 3.63) is 74.4 Å². The van der Waals surface area contributed by atoms with Gasteiger partial charge in [0.1, 0.15) is 0 Å². The van der Waals surface area contributed by atoms with Gasteiger partial charge in [-0.2, -0.15) is 0 Å². The van der Waals surface area contributed by atoms with Crippen LogP contribution in [0.15, 0.2) is 42.5 Å². The van der Waals surface area contributed by atoms with Gasteiger partial charge in [0.15, 0.2) is 0 Å². The van der Waals surface area contributed by atoms with Gasteiger partial charge in [-0.1, -0.05) is 29.8 Å². The van der Waals surface area contributed by atoms with Crippen molar-refractivity contribution in [3.8, 4) is 0 Å². The van der Waals surface area contributed by atoms with Crippen LogP contribution in [0, 0.1) is 17.0 Å². The molecule has 7 nitrogen and oxygen atoms in total. The minimum Gasteiger partial charge on any atom is -0.366 e. The molecule has 1 amide bonds. The molecule has 0 aliphatic carbocycles. The van der Waals surface area contributed by atoms with Crippen LogP contribution in [0.25, 0.3) is 10.9 Å². The summed E-state index contributed by atoms with van der Waals surface area (Å²) in [6.45, 7) is 1.59. The molecule has 2 N–H and O–H groups in total. The summed E-state index contributed by atoms with van der Waals surface area (Å²) in [6, 6.07) is 10.4. The summed E-state index contributed by atoms with van der Waals surface area (Å²) in [5, 5.41) is 11.6. The van der Waals surface area contributed by atoms with E-state index in [9.17, 15) is 19.7 Å². The fourth-order valence-electron chi connectivity index (χ4n) is 2.85. The first-order valence-electron chi connectivity index (χ1n) is 7.21. The van der Waals surface area contributed by atoms with E-state index >= 15 is 0 Å². The Balaban J connectivity index is 2.29. The predicted octanol–water partition coefficient (Wildman–Crippen LogP) is 3.30. The maximum Gasteiger partial charge on any atom is 0.270 e. The number of nitrogens with two attached hydrogens (primary N) is 1. The predicted molar refractivity (Wildman–Crippen MR) is 93.0 cm³/mol. The molecule has 0 saturated heterocycles. The number of non-ortho nitro benzene ring substituents is 1. The number of nitro groups is 1. The lowest BCUT2D eigenvalue weighted by Crippen LogP contribution is -2.17. The topological polar surface area (TPSA) is 108 Å². The zero-order chi connectivity index (χ0) is 18.3. The maximum atomic E-state index is 13.0. The van der Waals surface area contributed by atoms with Crippen molar-refractivity contribution >= 4 is 40.0 Å². The maximum absolute atomic E-state index is 13.0. The number of amides is 1. The number of carbonyl (C=O) groups is 2. The van der Waals surface area contributed by atoms with E-state index in [-0.39, 0.29) is 21.8 Å². The van der Waals surface area contributed by atoms with E-state index in [4.69, 9.17) is 17.3 Å². The average Bonchev–Trinajstić information content (AvgIpc) is 2.86. The van der Waals surface area contributed by atoms with Crippen LogP contribution in [0.1, 0.15) is 26.4 Å². The molecule has 0 radical (unpaired) electrons. The first-order valence-corrected chi connectivity index (χ1v) is 7.59. The standard InChI is InChI=1S/C17H12ClN3O4/c1-9-15(16(19)22)11-4-2-3-5-14(11)20(9)17(23)12-8-10(21(24)25)6-7-13(12)18/h2-8H,1H3,(H2,19,22). The number of primary amides is 1. The van der Waals surface area contributed by atoms with Crippen LogP contribution in [0.5, 0.6) is 0 Å². The highest BCUT2D eigenvalue weighted by molar-refractivity contribution is 6.34. The van der Waals surface area contributed by atoms with E-state index in [1.165, 1.54) is 16.7 Å². The smallest absolute Gasteiger partial charge is 0.270 e. The highest BCUT2D eigenvalue weighted by atomic mass is 35.5. The summed E-state index contributed by atoms with van der Waals surface area (Å²) >= 11 is 6.07. The summed E-state index contributed by atoms with van der Waals surface area (Å²) in [7, 11) is 0. The monoisotopic (exact) mass is 357 g/mol. The van der Waals surface area contributed by atoms with Gasteiger partial charge >= 0.3 is 0 Å². The van der Waals surface area contributed by atoms with E-state index in [1.54, 1.807) is 31.2 Å². The van der Waals surface area contributed by atoms with E-state index in [2.05, 4.69) is 0 Å². The number of halogens is 1. The van der Waals surface area contributed by atoms with E-state index < -0.39 is 16.7 Å². The number of hydrogen-bond acceptors (Lipinski definition) is 4. The largest absolute Gasteiger partial charge is 0.366 e. The van der Waals surface area contributed by atoms with Crippen LogP contribution >= 0.6 is 11.6 Å². The molecule has 0 unspecified atom stereocenters. The number of nitrogens with zero attached hydrogens (tertiary/aromatic N) is 2. The minimum absolute atomic E-state index is 0.0317. The number of hydrogen-bond donors (Lipinski definition) is 1. The van der Waals surface area contributed by atoms with E-state index in [0.717, 1.165) is 6.07 Å². The molecule has 3 aromatic rings. The fraction of sp³-hybridized carbons (Fsp3) is 0.0588. The Kier molecular flexibility index (Phi) is 4.02. The van der Waals surface area contributed by atoms with Gasteiger partial charge in [-0.3, -0.25) is 24.3 Å². The molecule has 0 aliphatic rings. The first-order chi connectivity index (χ1) is 11.8. The van der Waals surface area contributed by atoms with Gasteiger partial charge in [0, 0.05) is 23.2 Å². The minimum atomic E-state index is -0.662. The van der Waals surface area contributed by atoms with Crippen LogP contribution in [0.2, 0.25) is 5.02 Å². The second-order valence-electron chi connectivity index (χ2n) is 5.40. The van der Waals surface area contributed by atoms with Crippen molar-refractivity contribution in [2.24, 2.45) is 5.73 Å². The quantitative estimate of drug-likeness (QED) is 0.573. The van der Waals surface area contributed by atoms with Crippen molar-refractivity contribution in [3.63, 3.8) is 0 Å². The molecule has 126 valence electrons. The van der Waals surface area contributed by atoms with Gasteiger partial charge < -0.3 is 5.73 Å². The zero-order valence-electron chi connectivity index (χ0n) is 13.0. The summed E-state index contributed by atoms with van der Waals surface area (Å²) in [5.41, 5.74) is 6.21. The highest BCUT2D eigenvalue weighted by Gasteiger charge is 2.24. The lowest BCUT2D eigenvalue weighted by Gasteiger charge is -2.08. The Morgan fingerprint density at radius 1 is 1.20 bits per heavy atom. The SMILES string of the molecule is Cc1c(C(N)=O)c2ccccc2n1C(=O)c1cc([N+](=O)[O-])ccc1Cl. The molecule has 0 aliphatic heterocycles. The molecule has 2 aromatic carbocycles. The lowest BCUT2D eigenvalue weighted by atomic mass is 10.1. The Bertz CT molecular complexity index is 1060. The van der Waals surface area contributed by atoms with Crippen molar-refractivity contribution in [1.29, 1.82) is 0 Å². The Morgan fingerprint density at radius 2 is 1.88 bits per heavy atom.